The van der Waals surface area contributed by atoms with Crippen LogP contribution in [0.5, 0.6) is 0 Å². The number of carbonyl (C=O) groups is 2. The smallest absolute Gasteiger partial charge is 0.238 e. The maximum atomic E-state index is 12.3. The van der Waals surface area contributed by atoms with Gasteiger partial charge in [0.05, 0.1) is 13.1 Å². The summed E-state index contributed by atoms with van der Waals surface area (Å²) in [5.41, 5.74) is 3.09. The monoisotopic (exact) mass is 332 g/mol. The van der Waals surface area contributed by atoms with E-state index < -0.39 is 0 Å². The third-order valence-electron chi connectivity index (χ3n) is 4.24. The molecule has 0 atom stereocenters. The number of nitrogens with one attached hydrogen (secondary N) is 2. The van der Waals surface area contributed by atoms with Gasteiger partial charge in [0.1, 0.15) is 0 Å². The summed E-state index contributed by atoms with van der Waals surface area (Å²) in [6.07, 6.45) is 0. The molecule has 6 nitrogen and oxygen atoms in total. The zero-order valence-electron chi connectivity index (χ0n) is 14.9. The van der Waals surface area contributed by atoms with Gasteiger partial charge in [0, 0.05) is 38.4 Å². The van der Waals surface area contributed by atoms with E-state index in [0.717, 1.165) is 43.0 Å². The minimum Gasteiger partial charge on any atom is -0.355 e. The fourth-order valence-electron chi connectivity index (χ4n) is 2.83. The highest BCUT2D eigenvalue weighted by atomic mass is 16.2. The van der Waals surface area contributed by atoms with E-state index in [1.54, 1.807) is 0 Å². The Morgan fingerprint density at radius 2 is 1.58 bits per heavy atom. The number of piperazine rings is 1. The average molecular weight is 332 g/mol. The fraction of sp³-hybridized carbons (Fsp3) is 0.556. The molecule has 2 amide bonds. The lowest BCUT2D eigenvalue weighted by Crippen LogP contribution is -2.51. The van der Waals surface area contributed by atoms with Crippen molar-refractivity contribution in [1.82, 2.24) is 15.1 Å². The molecule has 0 radical (unpaired) electrons. The van der Waals surface area contributed by atoms with Gasteiger partial charge in [0.2, 0.25) is 11.8 Å². The number of aryl methyl sites for hydroxylation is 2. The molecule has 1 heterocycles. The largest absolute Gasteiger partial charge is 0.355 e. The Labute approximate surface area is 144 Å². The molecule has 1 aromatic carbocycles. The van der Waals surface area contributed by atoms with Gasteiger partial charge in [-0.15, -0.1) is 0 Å². The van der Waals surface area contributed by atoms with Crippen LogP contribution in [0.25, 0.3) is 0 Å². The molecule has 1 saturated heterocycles. The van der Waals surface area contributed by atoms with E-state index in [2.05, 4.69) is 20.4 Å². The van der Waals surface area contributed by atoms with Crippen LogP contribution in [0.1, 0.15) is 18.1 Å². The molecule has 1 aromatic rings. The minimum absolute atomic E-state index is 0.0147. The molecule has 1 aliphatic heterocycles. The van der Waals surface area contributed by atoms with Crippen LogP contribution in [0, 0.1) is 13.8 Å². The Balaban J connectivity index is 1.76. The summed E-state index contributed by atoms with van der Waals surface area (Å²) in [5.74, 6) is 0.0829. The number of rotatable bonds is 6. The predicted octanol–water partition coefficient (Wildman–Crippen LogP) is 0.996. The first kappa shape index (κ1) is 18.4. The van der Waals surface area contributed by atoms with Crippen molar-refractivity contribution in [3.05, 3.63) is 29.3 Å². The molecule has 6 heteroatoms. The van der Waals surface area contributed by atoms with Crippen LogP contribution in [-0.4, -0.2) is 67.4 Å². The van der Waals surface area contributed by atoms with Crippen LogP contribution in [0.2, 0.25) is 0 Å². The Hall–Kier alpha value is -1.92. The quantitative estimate of drug-likeness (QED) is 0.816. The van der Waals surface area contributed by atoms with E-state index in [1.807, 2.05) is 39.0 Å². The first-order valence-electron chi connectivity index (χ1n) is 8.56. The van der Waals surface area contributed by atoms with Crippen LogP contribution in [0.3, 0.4) is 0 Å². The first-order valence-corrected chi connectivity index (χ1v) is 8.56. The standard InChI is InChI=1S/C18H28N4O2/c1-4-19-17(23)12-21-7-9-22(10-8-21)13-18(24)20-16-11-14(2)5-6-15(16)3/h5-6,11H,4,7-10,12-13H2,1-3H3,(H,19,23)(H,20,24). The topological polar surface area (TPSA) is 64.7 Å². The molecule has 2 rings (SSSR count). The number of benzene rings is 1. The van der Waals surface area contributed by atoms with E-state index in [-0.39, 0.29) is 11.8 Å². The SMILES string of the molecule is CCNC(=O)CN1CCN(CC(=O)Nc2cc(C)ccc2C)CC1. The van der Waals surface area contributed by atoms with Crippen LogP contribution in [0.15, 0.2) is 18.2 Å². The van der Waals surface area contributed by atoms with E-state index in [1.165, 1.54) is 0 Å². The summed E-state index contributed by atoms with van der Waals surface area (Å²) in [4.78, 5) is 28.1. The molecule has 24 heavy (non-hydrogen) atoms. The van der Waals surface area contributed by atoms with Gasteiger partial charge in [0.15, 0.2) is 0 Å². The Morgan fingerprint density at radius 1 is 1.00 bits per heavy atom. The Morgan fingerprint density at radius 3 is 2.17 bits per heavy atom. The van der Waals surface area contributed by atoms with Crippen molar-refractivity contribution in [2.45, 2.75) is 20.8 Å². The number of hydrogen-bond donors (Lipinski definition) is 2. The predicted molar refractivity (Wildman–Crippen MR) is 96.1 cm³/mol. The van der Waals surface area contributed by atoms with Crippen molar-refractivity contribution in [3.63, 3.8) is 0 Å². The second kappa shape index (κ2) is 8.80. The van der Waals surface area contributed by atoms with Crippen molar-refractivity contribution in [2.24, 2.45) is 0 Å². The Bertz CT molecular complexity index is 580. The van der Waals surface area contributed by atoms with Gasteiger partial charge in [-0.1, -0.05) is 12.1 Å². The molecular formula is C18H28N4O2. The van der Waals surface area contributed by atoms with Gasteiger partial charge in [-0.25, -0.2) is 0 Å². The second-order valence-corrected chi connectivity index (χ2v) is 6.37. The van der Waals surface area contributed by atoms with Crippen molar-refractivity contribution < 1.29 is 9.59 Å². The number of hydrogen-bond acceptors (Lipinski definition) is 4. The number of anilines is 1. The van der Waals surface area contributed by atoms with Crippen molar-refractivity contribution in [2.75, 3.05) is 51.1 Å². The Kier molecular flexibility index (Phi) is 6.75. The molecule has 0 aliphatic carbocycles. The summed E-state index contributed by atoms with van der Waals surface area (Å²) in [5, 5.41) is 5.82. The fourth-order valence-corrected chi connectivity index (χ4v) is 2.83. The normalized spacial score (nSPS) is 16.0. The molecule has 0 saturated carbocycles. The lowest BCUT2D eigenvalue weighted by Gasteiger charge is -2.33. The zero-order valence-corrected chi connectivity index (χ0v) is 14.9. The first-order chi connectivity index (χ1) is 11.5. The van der Waals surface area contributed by atoms with Gasteiger partial charge >= 0.3 is 0 Å². The summed E-state index contributed by atoms with van der Waals surface area (Å²) in [7, 11) is 0. The van der Waals surface area contributed by atoms with Crippen LogP contribution in [-0.2, 0) is 9.59 Å². The third kappa shape index (κ3) is 5.62. The lowest BCUT2D eigenvalue weighted by molar-refractivity contribution is -0.123. The molecular weight excluding hydrogens is 304 g/mol. The summed E-state index contributed by atoms with van der Waals surface area (Å²) >= 11 is 0. The average Bonchev–Trinajstić information content (AvgIpc) is 2.53. The maximum absolute atomic E-state index is 12.3. The number of nitrogens with zero attached hydrogens (tertiary/aromatic N) is 2. The molecule has 2 N–H and O–H groups in total. The maximum Gasteiger partial charge on any atom is 0.238 e. The second-order valence-electron chi connectivity index (χ2n) is 6.37. The minimum atomic E-state index is 0.0147. The van der Waals surface area contributed by atoms with E-state index in [0.29, 0.717) is 19.6 Å². The molecule has 0 unspecified atom stereocenters. The highest BCUT2D eigenvalue weighted by Crippen LogP contribution is 2.16. The van der Waals surface area contributed by atoms with E-state index in [4.69, 9.17) is 0 Å². The van der Waals surface area contributed by atoms with E-state index in [9.17, 15) is 9.59 Å². The molecule has 0 aromatic heterocycles. The summed E-state index contributed by atoms with van der Waals surface area (Å²) < 4.78 is 0. The van der Waals surface area contributed by atoms with Crippen molar-refractivity contribution >= 4 is 17.5 Å². The molecule has 0 bridgehead atoms. The molecule has 1 aliphatic rings. The zero-order chi connectivity index (χ0) is 17.5. The highest BCUT2D eigenvalue weighted by Gasteiger charge is 2.20. The number of likely N-dealkylation sites (N-methyl/N-ethyl adjacent to an activating group) is 1. The van der Waals surface area contributed by atoms with Gasteiger partial charge in [0.25, 0.3) is 0 Å². The van der Waals surface area contributed by atoms with Crippen LogP contribution in [0.4, 0.5) is 5.69 Å². The van der Waals surface area contributed by atoms with Gasteiger partial charge in [-0.3, -0.25) is 19.4 Å². The number of carbonyl (C=O) groups excluding carboxylic acids is 2. The van der Waals surface area contributed by atoms with Crippen molar-refractivity contribution in [3.8, 4) is 0 Å². The molecule has 1 fully saturated rings. The number of amides is 2. The summed E-state index contributed by atoms with van der Waals surface area (Å²) in [6, 6.07) is 6.06. The van der Waals surface area contributed by atoms with Gasteiger partial charge in [-0.2, -0.15) is 0 Å². The van der Waals surface area contributed by atoms with Crippen LogP contribution >= 0.6 is 0 Å². The lowest BCUT2D eigenvalue weighted by atomic mass is 10.1. The molecule has 132 valence electrons. The third-order valence-corrected chi connectivity index (χ3v) is 4.24. The van der Waals surface area contributed by atoms with Crippen molar-refractivity contribution in [1.29, 1.82) is 0 Å². The van der Waals surface area contributed by atoms with Gasteiger partial charge in [-0.05, 0) is 38.0 Å². The molecule has 0 spiro atoms. The highest BCUT2D eigenvalue weighted by molar-refractivity contribution is 5.93. The summed E-state index contributed by atoms with van der Waals surface area (Å²) in [6.45, 7) is 10.7. The van der Waals surface area contributed by atoms with Gasteiger partial charge < -0.3 is 10.6 Å². The van der Waals surface area contributed by atoms with Crippen LogP contribution < -0.4 is 10.6 Å². The van der Waals surface area contributed by atoms with E-state index >= 15 is 0 Å².